The molecule has 1 heterocycles. The number of piperidine rings is 1. The van der Waals surface area contributed by atoms with E-state index in [1.807, 2.05) is 0 Å². The Bertz CT molecular complexity index is 525. The van der Waals surface area contributed by atoms with E-state index in [2.05, 4.69) is 10.6 Å². The van der Waals surface area contributed by atoms with Gasteiger partial charge in [-0.1, -0.05) is 6.07 Å². The van der Waals surface area contributed by atoms with Gasteiger partial charge in [-0.15, -0.1) is 0 Å². The molecule has 21 heavy (non-hydrogen) atoms. The van der Waals surface area contributed by atoms with E-state index >= 15 is 0 Å². The third-order valence-corrected chi connectivity index (χ3v) is 4.01. The molecule has 0 bridgehead atoms. The molecule has 0 aliphatic carbocycles. The second-order valence-corrected chi connectivity index (χ2v) is 5.49. The second kappa shape index (κ2) is 7.17. The Balaban J connectivity index is 1.90. The van der Waals surface area contributed by atoms with Gasteiger partial charge in [0.05, 0.1) is 16.2 Å². The summed E-state index contributed by atoms with van der Waals surface area (Å²) in [5.74, 6) is 0.528. The van der Waals surface area contributed by atoms with Gasteiger partial charge in [-0.3, -0.25) is 14.9 Å². The average Bonchev–Trinajstić information content (AvgIpc) is 2.48. The maximum atomic E-state index is 12.0. The molecule has 0 atom stereocenters. The number of hydrogen-bond donors (Lipinski definition) is 2. The Morgan fingerprint density at radius 2 is 2.14 bits per heavy atom. The van der Waals surface area contributed by atoms with Gasteiger partial charge in [0, 0.05) is 12.5 Å². The number of nitrogens with zero attached hydrogens (tertiary/aromatic N) is 1. The molecule has 1 aliphatic heterocycles. The van der Waals surface area contributed by atoms with Crippen LogP contribution in [0, 0.1) is 23.0 Å². The van der Waals surface area contributed by atoms with Crippen LogP contribution in [0.4, 0.5) is 11.4 Å². The molecule has 0 saturated carbocycles. The summed E-state index contributed by atoms with van der Waals surface area (Å²) in [5, 5.41) is 17.0. The monoisotopic (exact) mass is 291 g/mol. The molecular weight excluding hydrogens is 270 g/mol. The highest BCUT2D eigenvalue weighted by Crippen LogP contribution is 2.25. The van der Waals surface area contributed by atoms with Gasteiger partial charge in [-0.25, -0.2) is 0 Å². The van der Waals surface area contributed by atoms with E-state index in [-0.39, 0.29) is 11.6 Å². The van der Waals surface area contributed by atoms with E-state index in [9.17, 15) is 14.9 Å². The van der Waals surface area contributed by atoms with Gasteiger partial charge in [-0.2, -0.15) is 0 Å². The summed E-state index contributed by atoms with van der Waals surface area (Å²) in [5.41, 5.74) is 1.06. The third-order valence-electron chi connectivity index (χ3n) is 4.01. The van der Waals surface area contributed by atoms with Crippen molar-refractivity contribution in [3.63, 3.8) is 0 Å². The van der Waals surface area contributed by atoms with E-state index in [0.29, 0.717) is 23.6 Å². The minimum Gasteiger partial charge on any atom is -0.326 e. The number of nitrogens with one attached hydrogen (secondary N) is 2. The third kappa shape index (κ3) is 4.26. The highest BCUT2D eigenvalue weighted by atomic mass is 16.6. The van der Waals surface area contributed by atoms with Crippen molar-refractivity contribution < 1.29 is 9.72 Å². The predicted octanol–water partition coefficient (Wildman–Crippen LogP) is 2.62. The van der Waals surface area contributed by atoms with Gasteiger partial charge >= 0.3 is 0 Å². The molecule has 1 aliphatic rings. The summed E-state index contributed by atoms with van der Waals surface area (Å²) in [6, 6.07) is 4.73. The van der Waals surface area contributed by atoms with Crippen LogP contribution in [-0.2, 0) is 4.79 Å². The molecule has 0 spiro atoms. The number of benzene rings is 1. The highest BCUT2D eigenvalue weighted by Gasteiger charge is 2.17. The molecule has 1 fully saturated rings. The van der Waals surface area contributed by atoms with Crippen LogP contribution in [0.25, 0.3) is 0 Å². The Labute approximate surface area is 124 Å². The van der Waals surface area contributed by atoms with E-state index in [1.165, 1.54) is 6.07 Å². The van der Waals surface area contributed by atoms with Crippen molar-refractivity contribution in [1.82, 2.24) is 5.32 Å². The summed E-state index contributed by atoms with van der Waals surface area (Å²) in [4.78, 5) is 22.4. The molecule has 114 valence electrons. The largest absolute Gasteiger partial charge is 0.326 e. The minimum atomic E-state index is -0.431. The lowest BCUT2D eigenvalue weighted by Crippen LogP contribution is -2.28. The van der Waals surface area contributed by atoms with Gasteiger partial charge in [0.25, 0.3) is 5.69 Å². The van der Waals surface area contributed by atoms with Crippen molar-refractivity contribution in [2.45, 2.75) is 32.6 Å². The van der Waals surface area contributed by atoms with Crippen molar-refractivity contribution in [2.24, 2.45) is 5.92 Å². The Kier molecular flexibility index (Phi) is 5.27. The van der Waals surface area contributed by atoms with Gasteiger partial charge in [0.2, 0.25) is 5.91 Å². The zero-order valence-corrected chi connectivity index (χ0v) is 12.2. The van der Waals surface area contributed by atoms with Gasteiger partial charge < -0.3 is 10.6 Å². The number of carbonyl (C=O) groups excluding carboxylic acids is 1. The molecule has 1 aromatic rings. The van der Waals surface area contributed by atoms with Gasteiger partial charge in [-0.05, 0) is 51.3 Å². The van der Waals surface area contributed by atoms with Crippen molar-refractivity contribution in [2.75, 3.05) is 18.4 Å². The first kappa shape index (κ1) is 15.4. The fourth-order valence-electron chi connectivity index (χ4n) is 2.67. The second-order valence-electron chi connectivity index (χ2n) is 5.49. The molecule has 6 heteroatoms. The Morgan fingerprint density at radius 1 is 1.43 bits per heavy atom. The fraction of sp³-hybridized carbons (Fsp3) is 0.533. The first-order valence-corrected chi connectivity index (χ1v) is 7.32. The number of anilines is 1. The summed E-state index contributed by atoms with van der Waals surface area (Å²) in [6.07, 6.45) is 3.57. The normalized spacial score (nSPS) is 15.7. The van der Waals surface area contributed by atoms with E-state index in [4.69, 9.17) is 0 Å². The molecule has 0 unspecified atom stereocenters. The number of amides is 1. The predicted molar refractivity (Wildman–Crippen MR) is 81.3 cm³/mol. The van der Waals surface area contributed by atoms with Crippen LogP contribution in [0.1, 0.15) is 31.2 Å². The molecule has 1 amide bonds. The summed E-state index contributed by atoms with van der Waals surface area (Å²) < 4.78 is 0. The Morgan fingerprint density at radius 3 is 2.81 bits per heavy atom. The minimum absolute atomic E-state index is 0.0335. The molecule has 1 aromatic carbocycles. The van der Waals surface area contributed by atoms with Crippen molar-refractivity contribution in [1.29, 1.82) is 0 Å². The molecule has 2 N–H and O–H groups in total. The standard InChI is InChI=1S/C15H21N3O3/c1-11-13(3-2-4-14(11)18(20)21)17-15(19)6-5-12-7-9-16-10-8-12/h2-4,12,16H,5-10H2,1H3,(H,17,19). The van der Waals surface area contributed by atoms with Crippen LogP contribution < -0.4 is 10.6 Å². The fourth-order valence-corrected chi connectivity index (χ4v) is 2.67. The summed E-state index contributed by atoms with van der Waals surface area (Å²) in [6.45, 7) is 3.70. The SMILES string of the molecule is Cc1c(NC(=O)CCC2CCNCC2)cccc1[N+](=O)[O-]. The first-order valence-electron chi connectivity index (χ1n) is 7.32. The van der Waals surface area contributed by atoms with Crippen LogP contribution >= 0.6 is 0 Å². The molecule has 0 aromatic heterocycles. The molecule has 6 nitrogen and oxygen atoms in total. The van der Waals surface area contributed by atoms with E-state index in [1.54, 1.807) is 19.1 Å². The van der Waals surface area contributed by atoms with Crippen molar-refractivity contribution in [3.05, 3.63) is 33.9 Å². The topological polar surface area (TPSA) is 84.3 Å². The number of hydrogen-bond acceptors (Lipinski definition) is 4. The smallest absolute Gasteiger partial charge is 0.274 e. The lowest BCUT2D eigenvalue weighted by Gasteiger charge is -2.22. The maximum absolute atomic E-state index is 12.0. The zero-order chi connectivity index (χ0) is 15.2. The summed E-state index contributed by atoms with van der Waals surface area (Å²) in [7, 11) is 0. The maximum Gasteiger partial charge on any atom is 0.274 e. The van der Waals surface area contributed by atoms with Crippen LogP contribution in [-0.4, -0.2) is 23.9 Å². The van der Waals surface area contributed by atoms with Crippen LogP contribution in [0.5, 0.6) is 0 Å². The van der Waals surface area contributed by atoms with Gasteiger partial charge in [0.1, 0.15) is 0 Å². The lowest BCUT2D eigenvalue weighted by molar-refractivity contribution is -0.385. The number of rotatable bonds is 5. The van der Waals surface area contributed by atoms with Gasteiger partial charge in [0.15, 0.2) is 0 Å². The van der Waals surface area contributed by atoms with E-state index < -0.39 is 4.92 Å². The quantitative estimate of drug-likeness (QED) is 0.645. The lowest BCUT2D eigenvalue weighted by atomic mass is 9.93. The van der Waals surface area contributed by atoms with Crippen LogP contribution in [0.3, 0.4) is 0 Å². The molecular formula is C15H21N3O3. The Hall–Kier alpha value is -1.95. The van der Waals surface area contributed by atoms with Crippen molar-refractivity contribution in [3.8, 4) is 0 Å². The first-order chi connectivity index (χ1) is 10.1. The number of nitro benzene ring substituents is 1. The van der Waals surface area contributed by atoms with E-state index in [0.717, 1.165) is 32.4 Å². The van der Waals surface area contributed by atoms with Crippen molar-refractivity contribution >= 4 is 17.3 Å². The van der Waals surface area contributed by atoms with Crippen LogP contribution in [0.15, 0.2) is 18.2 Å². The average molecular weight is 291 g/mol. The molecule has 2 rings (SSSR count). The van der Waals surface area contributed by atoms with Crippen LogP contribution in [0.2, 0.25) is 0 Å². The summed E-state index contributed by atoms with van der Waals surface area (Å²) >= 11 is 0. The molecule has 0 radical (unpaired) electrons. The highest BCUT2D eigenvalue weighted by molar-refractivity contribution is 5.92. The molecule has 1 saturated heterocycles. The zero-order valence-electron chi connectivity index (χ0n) is 12.2. The number of nitro groups is 1. The number of carbonyl (C=O) groups is 1.